The van der Waals surface area contributed by atoms with Gasteiger partial charge in [-0.05, 0) is 42.2 Å². The van der Waals surface area contributed by atoms with Crippen molar-refractivity contribution in [2.75, 3.05) is 13.1 Å². The Morgan fingerprint density at radius 1 is 1.35 bits per heavy atom. The number of aliphatic hydroxyl groups is 1. The molecule has 1 aliphatic heterocycles. The van der Waals surface area contributed by atoms with E-state index in [4.69, 9.17) is 0 Å². The van der Waals surface area contributed by atoms with E-state index >= 15 is 0 Å². The van der Waals surface area contributed by atoms with Crippen LogP contribution in [0.2, 0.25) is 0 Å². The van der Waals surface area contributed by atoms with E-state index in [2.05, 4.69) is 30.7 Å². The number of nitrogens with zero attached hydrogens (tertiary/aromatic N) is 2. The largest absolute Gasteiger partial charge is 0.385 e. The van der Waals surface area contributed by atoms with Crippen molar-refractivity contribution < 1.29 is 5.11 Å². The van der Waals surface area contributed by atoms with Crippen LogP contribution < -0.4 is 0 Å². The average Bonchev–Trinajstić information content (AvgIpc) is 2.59. The van der Waals surface area contributed by atoms with Crippen molar-refractivity contribution in [3.05, 3.63) is 30.1 Å². The third-order valence-electron chi connectivity index (χ3n) is 4.96. The van der Waals surface area contributed by atoms with Gasteiger partial charge in [0.15, 0.2) is 0 Å². The highest BCUT2D eigenvalue weighted by atomic mass is 16.3. The first-order chi connectivity index (χ1) is 9.37. The van der Waals surface area contributed by atoms with E-state index in [-0.39, 0.29) is 0 Å². The van der Waals surface area contributed by atoms with Crippen molar-refractivity contribution >= 4 is 0 Å². The average molecular weight is 274 g/mol. The Labute approximate surface area is 122 Å². The number of β-amino-alcohol motifs (C(OH)–C–C–N with tert-alkyl or cyclic N) is 1. The fraction of sp³-hybridized carbons (Fsp3) is 0.706. The molecule has 1 saturated heterocycles. The molecule has 0 radical (unpaired) electrons. The predicted molar refractivity (Wildman–Crippen MR) is 80.3 cm³/mol. The van der Waals surface area contributed by atoms with Crippen LogP contribution in [0.5, 0.6) is 0 Å². The summed E-state index contributed by atoms with van der Waals surface area (Å²) < 4.78 is 0. The molecule has 3 nitrogen and oxygen atoms in total. The fourth-order valence-corrected chi connectivity index (χ4v) is 4.68. The Morgan fingerprint density at radius 2 is 2.15 bits per heavy atom. The summed E-state index contributed by atoms with van der Waals surface area (Å²) in [6.45, 7) is 9.01. The lowest BCUT2D eigenvalue weighted by Crippen LogP contribution is -2.36. The molecule has 0 spiro atoms. The second-order valence-corrected chi connectivity index (χ2v) is 7.91. The van der Waals surface area contributed by atoms with Crippen molar-refractivity contribution in [1.29, 1.82) is 0 Å². The summed E-state index contributed by atoms with van der Waals surface area (Å²) in [7, 11) is 0. The summed E-state index contributed by atoms with van der Waals surface area (Å²) in [6, 6.07) is 6.38. The Kier molecular flexibility index (Phi) is 3.38. The molecule has 20 heavy (non-hydrogen) atoms. The summed E-state index contributed by atoms with van der Waals surface area (Å²) >= 11 is 0. The summed E-state index contributed by atoms with van der Waals surface area (Å²) in [5.41, 5.74) is 1.65. The monoisotopic (exact) mass is 274 g/mol. The lowest BCUT2D eigenvalue weighted by atomic mass is 9.65. The molecule has 3 rings (SSSR count). The lowest BCUT2D eigenvalue weighted by molar-refractivity contribution is 0.0899. The van der Waals surface area contributed by atoms with E-state index in [0.29, 0.717) is 23.4 Å². The number of aromatic nitrogens is 1. The molecule has 3 atom stereocenters. The molecule has 2 heterocycles. The molecular weight excluding hydrogens is 248 g/mol. The Balaban J connectivity index is 1.70. The highest BCUT2D eigenvalue weighted by Gasteiger charge is 2.49. The molecule has 1 aromatic rings. The summed E-state index contributed by atoms with van der Waals surface area (Å²) in [6.07, 6.45) is 5.11. The maximum atomic E-state index is 10.4. The maximum absolute atomic E-state index is 10.4. The first kappa shape index (κ1) is 14.0. The van der Waals surface area contributed by atoms with Crippen LogP contribution in [0.1, 0.15) is 51.8 Å². The lowest BCUT2D eigenvalue weighted by Gasteiger charge is -2.40. The van der Waals surface area contributed by atoms with Crippen LogP contribution in [-0.4, -0.2) is 34.1 Å². The van der Waals surface area contributed by atoms with Crippen molar-refractivity contribution in [2.24, 2.45) is 10.8 Å². The number of pyridine rings is 1. The van der Waals surface area contributed by atoms with Crippen LogP contribution in [0, 0.1) is 10.8 Å². The molecule has 2 aliphatic rings. The third kappa shape index (κ3) is 2.75. The molecule has 0 aromatic carbocycles. The number of aliphatic hydroxyl groups excluding tert-OH is 1. The van der Waals surface area contributed by atoms with Gasteiger partial charge in [0.25, 0.3) is 0 Å². The first-order valence-electron chi connectivity index (χ1n) is 7.70. The van der Waals surface area contributed by atoms with Crippen molar-refractivity contribution in [2.45, 2.75) is 52.2 Å². The number of rotatable bonds is 3. The van der Waals surface area contributed by atoms with Gasteiger partial charge in [0.1, 0.15) is 6.10 Å². The highest BCUT2D eigenvalue weighted by Crippen LogP contribution is 2.52. The Bertz CT molecular complexity index is 473. The SMILES string of the molecule is CC1(C)CC2CC(C)(CN2CC(O)c2ccccn2)C1. The van der Waals surface area contributed by atoms with Gasteiger partial charge in [0.2, 0.25) is 0 Å². The quantitative estimate of drug-likeness (QED) is 0.920. The van der Waals surface area contributed by atoms with Gasteiger partial charge in [-0.15, -0.1) is 0 Å². The summed E-state index contributed by atoms with van der Waals surface area (Å²) in [5.74, 6) is 0. The minimum atomic E-state index is -0.470. The van der Waals surface area contributed by atoms with E-state index in [1.54, 1.807) is 6.20 Å². The second-order valence-electron chi connectivity index (χ2n) is 7.91. The summed E-state index contributed by atoms with van der Waals surface area (Å²) in [4.78, 5) is 6.77. The highest BCUT2D eigenvalue weighted by molar-refractivity contribution is 5.09. The maximum Gasteiger partial charge on any atom is 0.109 e. The van der Waals surface area contributed by atoms with Gasteiger partial charge in [0, 0.05) is 25.3 Å². The standard InChI is InChI=1S/C17H26N2O/c1-16(2)8-13-9-17(3,11-16)12-19(13)10-15(20)14-6-4-5-7-18-14/h4-7,13,15,20H,8-12H2,1-3H3. The van der Waals surface area contributed by atoms with Crippen molar-refractivity contribution in [3.8, 4) is 0 Å². The zero-order chi connectivity index (χ0) is 14.4. The normalized spacial score (nSPS) is 34.1. The van der Waals surface area contributed by atoms with Crippen LogP contribution in [0.3, 0.4) is 0 Å². The number of fused-ring (bicyclic) bond motifs is 2. The van der Waals surface area contributed by atoms with Gasteiger partial charge < -0.3 is 5.11 Å². The third-order valence-corrected chi connectivity index (χ3v) is 4.96. The zero-order valence-electron chi connectivity index (χ0n) is 12.8. The molecule has 3 heteroatoms. The molecule has 110 valence electrons. The number of hydrogen-bond donors (Lipinski definition) is 1. The molecule has 3 unspecified atom stereocenters. The number of likely N-dealkylation sites (tertiary alicyclic amines) is 1. The smallest absolute Gasteiger partial charge is 0.109 e. The van der Waals surface area contributed by atoms with Gasteiger partial charge in [-0.1, -0.05) is 26.8 Å². The minimum Gasteiger partial charge on any atom is -0.385 e. The Hall–Kier alpha value is -0.930. The van der Waals surface area contributed by atoms with E-state index in [1.165, 1.54) is 19.3 Å². The van der Waals surface area contributed by atoms with Crippen molar-refractivity contribution in [3.63, 3.8) is 0 Å². The van der Waals surface area contributed by atoms with Crippen molar-refractivity contribution in [1.82, 2.24) is 9.88 Å². The van der Waals surface area contributed by atoms with Gasteiger partial charge in [-0.25, -0.2) is 0 Å². The van der Waals surface area contributed by atoms with Crippen LogP contribution in [0.4, 0.5) is 0 Å². The second kappa shape index (κ2) is 4.81. The van der Waals surface area contributed by atoms with Gasteiger partial charge >= 0.3 is 0 Å². The van der Waals surface area contributed by atoms with Crippen LogP contribution in [0.25, 0.3) is 0 Å². The van der Waals surface area contributed by atoms with E-state index < -0.39 is 6.10 Å². The van der Waals surface area contributed by atoms with Crippen LogP contribution >= 0.6 is 0 Å². The number of hydrogen-bond acceptors (Lipinski definition) is 3. The summed E-state index contributed by atoms with van der Waals surface area (Å²) in [5, 5.41) is 10.4. The van der Waals surface area contributed by atoms with Crippen LogP contribution in [0.15, 0.2) is 24.4 Å². The van der Waals surface area contributed by atoms with E-state index in [1.807, 2.05) is 18.2 Å². The van der Waals surface area contributed by atoms with Gasteiger partial charge in [-0.2, -0.15) is 0 Å². The Morgan fingerprint density at radius 3 is 2.85 bits per heavy atom. The molecule has 1 aromatic heterocycles. The van der Waals surface area contributed by atoms with Crippen LogP contribution in [-0.2, 0) is 0 Å². The zero-order valence-corrected chi connectivity index (χ0v) is 12.8. The fourth-order valence-electron chi connectivity index (χ4n) is 4.68. The molecule has 1 saturated carbocycles. The molecule has 0 amide bonds. The molecule has 1 aliphatic carbocycles. The van der Waals surface area contributed by atoms with Gasteiger partial charge in [-0.3, -0.25) is 9.88 Å². The first-order valence-corrected chi connectivity index (χ1v) is 7.70. The molecule has 1 N–H and O–H groups in total. The van der Waals surface area contributed by atoms with E-state index in [9.17, 15) is 5.11 Å². The topological polar surface area (TPSA) is 36.4 Å². The predicted octanol–water partition coefficient (Wildman–Crippen LogP) is 3.02. The minimum absolute atomic E-state index is 0.427. The molecular formula is C17H26N2O. The van der Waals surface area contributed by atoms with E-state index in [0.717, 1.165) is 12.2 Å². The van der Waals surface area contributed by atoms with Gasteiger partial charge in [0.05, 0.1) is 5.69 Å². The molecule has 2 fully saturated rings. The molecule has 2 bridgehead atoms.